The van der Waals surface area contributed by atoms with Crippen LogP contribution in [-0.2, 0) is 9.08 Å². The maximum atomic E-state index is 11.2. The summed E-state index contributed by atoms with van der Waals surface area (Å²) >= 11 is 12.0. The summed E-state index contributed by atoms with van der Waals surface area (Å²) in [4.78, 5) is 15.4. The van der Waals surface area contributed by atoms with E-state index in [0.717, 1.165) is 31.5 Å². The van der Waals surface area contributed by atoms with Gasteiger partial charge in [0, 0.05) is 5.92 Å². The second-order valence-corrected chi connectivity index (χ2v) is 5.34. The Morgan fingerprint density at radius 1 is 1.38 bits per heavy atom. The van der Waals surface area contributed by atoms with E-state index in [2.05, 4.69) is 13.6 Å². The van der Waals surface area contributed by atoms with Gasteiger partial charge in [0.25, 0.3) is 0 Å². The Balaban J connectivity index is 1.92. The number of halogens is 2. The first-order valence-electron chi connectivity index (χ1n) is 5.02. The third kappa shape index (κ3) is 2.64. The van der Waals surface area contributed by atoms with Gasteiger partial charge in [-0.3, -0.25) is 4.79 Å². The van der Waals surface area contributed by atoms with Crippen molar-refractivity contribution in [1.82, 2.24) is 9.36 Å². The molecule has 0 amide bonds. The summed E-state index contributed by atoms with van der Waals surface area (Å²) in [5, 5.41) is 0. The minimum atomic E-state index is -0.329. The van der Waals surface area contributed by atoms with Gasteiger partial charge in [-0.05, 0) is 48.8 Å². The van der Waals surface area contributed by atoms with Gasteiger partial charge in [0.1, 0.15) is 17.7 Å². The topological polar surface area (TPSA) is 52.1 Å². The largest absolute Gasteiger partial charge is 0.347 e. The van der Waals surface area contributed by atoms with E-state index >= 15 is 0 Å². The molecular formula is C9H10Cl2N2O2S. The molecule has 16 heavy (non-hydrogen) atoms. The van der Waals surface area contributed by atoms with E-state index in [1.54, 1.807) is 0 Å². The average Bonchev–Trinajstić information content (AvgIpc) is 2.75. The van der Waals surface area contributed by atoms with Crippen molar-refractivity contribution in [1.29, 1.82) is 0 Å². The molecule has 1 aromatic rings. The highest BCUT2D eigenvalue weighted by atomic mass is 35.5. The lowest BCUT2D eigenvalue weighted by Gasteiger charge is -2.24. The van der Waals surface area contributed by atoms with Gasteiger partial charge in [0.05, 0.1) is 5.92 Å². The highest BCUT2D eigenvalue weighted by Gasteiger charge is 2.29. The predicted molar refractivity (Wildman–Crippen MR) is 61.6 cm³/mol. The standard InChI is InChI=1S/C9H10Cl2N2O2S/c10-9-12-7(13-16-9)5-1-3-6(4-2-5)8(14)15-11/h5-6H,1-4H2. The van der Waals surface area contributed by atoms with Crippen LogP contribution in [0.15, 0.2) is 0 Å². The molecule has 2 rings (SSSR count). The molecular weight excluding hydrogens is 271 g/mol. The van der Waals surface area contributed by atoms with Crippen molar-refractivity contribution in [2.24, 2.45) is 5.92 Å². The number of carbonyl (C=O) groups excluding carboxylic acids is 1. The fourth-order valence-corrected chi connectivity index (χ4v) is 2.84. The number of hydrogen-bond donors (Lipinski definition) is 0. The highest BCUT2D eigenvalue weighted by molar-refractivity contribution is 7.10. The van der Waals surface area contributed by atoms with Crippen molar-refractivity contribution in [3.8, 4) is 0 Å². The first-order valence-corrected chi connectivity index (χ1v) is 6.48. The molecule has 1 saturated carbocycles. The van der Waals surface area contributed by atoms with Gasteiger partial charge in [0.2, 0.25) is 4.47 Å². The molecule has 1 aliphatic carbocycles. The Labute approximate surface area is 107 Å². The number of nitrogens with zero attached hydrogens (tertiary/aromatic N) is 2. The van der Waals surface area contributed by atoms with Gasteiger partial charge in [-0.2, -0.15) is 4.37 Å². The monoisotopic (exact) mass is 280 g/mol. The molecule has 0 unspecified atom stereocenters. The first-order chi connectivity index (χ1) is 7.70. The zero-order chi connectivity index (χ0) is 11.5. The molecule has 7 heteroatoms. The third-order valence-electron chi connectivity index (χ3n) is 2.92. The maximum absolute atomic E-state index is 11.2. The van der Waals surface area contributed by atoms with E-state index < -0.39 is 0 Å². The Bertz CT molecular complexity index is 377. The van der Waals surface area contributed by atoms with Crippen LogP contribution < -0.4 is 0 Å². The summed E-state index contributed by atoms with van der Waals surface area (Å²) in [5.41, 5.74) is 0. The SMILES string of the molecule is O=C(OCl)C1CCC(c2nsc(Cl)n2)CC1. The smallest absolute Gasteiger partial charge is 0.327 e. The van der Waals surface area contributed by atoms with Crippen LogP contribution in [0.25, 0.3) is 0 Å². The molecule has 0 aromatic carbocycles. The molecule has 0 atom stereocenters. The summed E-state index contributed by atoms with van der Waals surface area (Å²) in [6.45, 7) is 0. The quantitative estimate of drug-likeness (QED) is 0.835. The molecule has 0 bridgehead atoms. The summed E-state index contributed by atoms with van der Waals surface area (Å²) in [6, 6.07) is 0. The number of carbonyl (C=O) groups is 1. The molecule has 1 aromatic heterocycles. The Hall–Kier alpha value is -0.390. The van der Waals surface area contributed by atoms with Crippen LogP contribution in [0.2, 0.25) is 4.47 Å². The lowest BCUT2D eigenvalue weighted by Crippen LogP contribution is -2.21. The Kier molecular flexibility index (Phi) is 4.00. The molecule has 0 spiro atoms. The van der Waals surface area contributed by atoms with Crippen LogP contribution in [-0.4, -0.2) is 15.3 Å². The molecule has 0 saturated heterocycles. The lowest BCUT2D eigenvalue weighted by molar-refractivity contribution is -0.139. The lowest BCUT2D eigenvalue weighted by atomic mass is 9.82. The number of rotatable bonds is 2. The fraction of sp³-hybridized carbons (Fsp3) is 0.667. The fourth-order valence-electron chi connectivity index (χ4n) is 2.03. The van der Waals surface area contributed by atoms with Crippen LogP contribution in [0.1, 0.15) is 37.4 Å². The van der Waals surface area contributed by atoms with Crippen LogP contribution in [0.3, 0.4) is 0 Å². The van der Waals surface area contributed by atoms with Gasteiger partial charge >= 0.3 is 5.97 Å². The Morgan fingerprint density at radius 3 is 2.56 bits per heavy atom. The van der Waals surface area contributed by atoms with Crippen molar-refractivity contribution in [2.75, 3.05) is 0 Å². The van der Waals surface area contributed by atoms with Crippen LogP contribution in [0.4, 0.5) is 0 Å². The van der Waals surface area contributed by atoms with E-state index in [1.807, 2.05) is 0 Å². The van der Waals surface area contributed by atoms with E-state index in [4.69, 9.17) is 23.5 Å². The average molecular weight is 281 g/mol. The normalized spacial score (nSPS) is 25.4. The van der Waals surface area contributed by atoms with Crippen molar-refractivity contribution in [2.45, 2.75) is 31.6 Å². The maximum Gasteiger partial charge on any atom is 0.327 e. The predicted octanol–water partition coefficient (Wildman–Crippen LogP) is 3.16. The molecule has 0 aliphatic heterocycles. The number of hydrogen-bond acceptors (Lipinski definition) is 5. The van der Waals surface area contributed by atoms with Crippen LogP contribution >= 0.6 is 35.0 Å². The van der Waals surface area contributed by atoms with E-state index in [-0.39, 0.29) is 11.9 Å². The molecule has 1 heterocycles. The molecule has 4 nitrogen and oxygen atoms in total. The molecule has 1 aliphatic rings. The van der Waals surface area contributed by atoms with Gasteiger partial charge in [-0.25, -0.2) is 4.98 Å². The third-order valence-corrected chi connectivity index (χ3v) is 3.88. The van der Waals surface area contributed by atoms with Crippen molar-refractivity contribution < 1.29 is 9.08 Å². The van der Waals surface area contributed by atoms with Crippen molar-refractivity contribution in [3.63, 3.8) is 0 Å². The summed E-state index contributed by atoms with van der Waals surface area (Å²) in [7, 11) is 0. The minimum Gasteiger partial charge on any atom is -0.347 e. The molecule has 88 valence electrons. The van der Waals surface area contributed by atoms with Gasteiger partial charge in [-0.1, -0.05) is 0 Å². The van der Waals surface area contributed by atoms with E-state index in [1.165, 1.54) is 11.5 Å². The molecule has 1 fully saturated rings. The summed E-state index contributed by atoms with van der Waals surface area (Å²) < 4.78 is 8.87. The minimum absolute atomic E-state index is 0.0807. The van der Waals surface area contributed by atoms with Gasteiger partial charge in [-0.15, -0.1) is 0 Å². The number of aromatic nitrogens is 2. The van der Waals surface area contributed by atoms with Gasteiger partial charge in [0.15, 0.2) is 0 Å². The van der Waals surface area contributed by atoms with Crippen molar-refractivity contribution in [3.05, 3.63) is 10.3 Å². The van der Waals surface area contributed by atoms with Crippen LogP contribution in [0, 0.1) is 5.92 Å². The zero-order valence-electron chi connectivity index (χ0n) is 8.36. The van der Waals surface area contributed by atoms with E-state index in [9.17, 15) is 4.79 Å². The van der Waals surface area contributed by atoms with Crippen LogP contribution in [0.5, 0.6) is 0 Å². The zero-order valence-corrected chi connectivity index (χ0v) is 10.7. The van der Waals surface area contributed by atoms with E-state index in [0.29, 0.717) is 10.4 Å². The second-order valence-electron chi connectivity index (χ2n) is 3.85. The summed E-state index contributed by atoms with van der Waals surface area (Å²) in [6.07, 6.45) is 3.30. The van der Waals surface area contributed by atoms with Crippen molar-refractivity contribution >= 4 is 41.0 Å². The Morgan fingerprint density at radius 2 is 2.06 bits per heavy atom. The highest BCUT2D eigenvalue weighted by Crippen LogP contribution is 2.35. The second kappa shape index (κ2) is 5.29. The first kappa shape index (κ1) is 12.1. The van der Waals surface area contributed by atoms with Gasteiger partial charge < -0.3 is 4.29 Å². The molecule has 0 N–H and O–H groups in total. The summed E-state index contributed by atoms with van der Waals surface area (Å²) in [5.74, 6) is 0.697. The molecule has 0 radical (unpaired) electrons.